The second-order valence-corrected chi connectivity index (χ2v) is 10.1. The first-order valence-corrected chi connectivity index (χ1v) is 12.1. The molecular formula is C23H28FN7O2S. The van der Waals surface area contributed by atoms with Crippen molar-refractivity contribution in [2.24, 2.45) is 5.73 Å². The Kier molecular flexibility index (Phi) is 5.86. The predicted molar refractivity (Wildman–Crippen MR) is 130 cm³/mol. The van der Waals surface area contributed by atoms with Crippen LogP contribution < -0.4 is 21.7 Å². The molecule has 5 N–H and O–H groups in total. The van der Waals surface area contributed by atoms with Crippen LogP contribution in [-0.4, -0.2) is 65.4 Å². The molecule has 3 aromatic rings. The number of carbonyl (C=O) groups is 1. The summed E-state index contributed by atoms with van der Waals surface area (Å²) in [6.45, 7) is 2.32. The SMILES string of the molecule is COCC1(F)CN(c2ccc3c(n2)CCC(NC(=O)c2sc4nc(C)ncc4c2N)C3)CC1N. The van der Waals surface area contributed by atoms with Crippen LogP contribution >= 0.6 is 11.3 Å². The maximum Gasteiger partial charge on any atom is 0.263 e. The van der Waals surface area contributed by atoms with Crippen molar-refractivity contribution in [2.45, 2.75) is 43.9 Å². The maximum absolute atomic E-state index is 15.0. The lowest BCUT2D eigenvalue weighted by Crippen LogP contribution is -2.46. The minimum absolute atomic E-state index is 0.0227. The summed E-state index contributed by atoms with van der Waals surface area (Å²) in [6, 6.07) is 3.27. The zero-order valence-corrected chi connectivity index (χ0v) is 20.0. The summed E-state index contributed by atoms with van der Waals surface area (Å²) in [7, 11) is 1.48. The number of carbonyl (C=O) groups excluding carboxylic acids is 1. The Hall–Kier alpha value is -2.89. The van der Waals surface area contributed by atoms with Crippen LogP contribution in [0.5, 0.6) is 0 Å². The molecule has 34 heavy (non-hydrogen) atoms. The average Bonchev–Trinajstić information content (AvgIpc) is 3.29. The fourth-order valence-corrected chi connectivity index (χ4v) is 5.79. The number of amides is 1. The second kappa shape index (κ2) is 8.71. The fourth-order valence-electron chi connectivity index (χ4n) is 4.77. The van der Waals surface area contributed by atoms with Gasteiger partial charge in [0.1, 0.15) is 21.3 Å². The molecule has 9 nitrogen and oxygen atoms in total. The third kappa shape index (κ3) is 4.08. The van der Waals surface area contributed by atoms with Crippen molar-refractivity contribution >= 4 is 39.0 Å². The molecule has 3 unspecified atom stereocenters. The van der Waals surface area contributed by atoms with E-state index in [-0.39, 0.29) is 25.1 Å². The molecule has 1 aliphatic heterocycles. The molecule has 11 heteroatoms. The van der Waals surface area contributed by atoms with E-state index in [2.05, 4.69) is 15.3 Å². The standard InChI is InChI=1S/C23H28FN7O2S/c1-12-27-8-15-19(26)20(34-22(15)28-12)21(32)29-14-4-5-16-13(7-14)3-6-18(30-16)31-9-17(25)23(24,10-31)11-33-2/h3,6,8,14,17H,4-5,7,9-11,25-26H2,1-2H3,(H,29,32). The third-order valence-corrected chi connectivity index (χ3v) is 7.76. The summed E-state index contributed by atoms with van der Waals surface area (Å²) in [4.78, 5) is 29.4. The molecule has 3 aromatic heterocycles. The Balaban J connectivity index is 1.27. The number of rotatable bonds is 5. The minimum atomic E-state index is -1.58. The average molecular weight is 486 g/mol. The summed E-state index contributed by atoms with van der Waals surface area (Å²) < 4.78 is 20.1. The molecule has 0 aromatic carbocycles. The van der Waals surface area contributed by atoms with Gasteiger partial charge in [0.25, 0.3) is 5.91 Å². The molecule has 0 radical (unpaired) electrons. The first kappa shape index (κ1) is 22.9. The Morgan fingerprint density at radius 3 is 3.03 bits per heavy atom. The van der Waals surface area contributed by atoms with Gasteiger partial charge in [-0.3, -0.25) is 4.79 Å². The van der Waals surface area contributed by atoms with E-state index in [9.17, 15) is 4.79 Å². The number of nitrogens with two attached hydrogens (primary N) is 2. The number of pyridine rings is 1. The van der Waals surface area contributed by atoms with Crippen LogP contribution in [0.4, 0.5) is 15.9 Å². The smallest absolute Gasteiger partial charge is 0.263 e. The first-order chi connectivity index (χ1) is 16.3. The zero-order valence-electron chi connectivity index (χ0n) is 19.2. The molecule has 4 heterocycles. The number of nitrogens with zero attached hydrogens (tertiary/aromatic N) is 4. The van der Waals surface area contributed by atoms with Gasteiger partial charge in [0.15, 0.2) is 5.67 Å². The van der Waals surface area contributed by atoms with Crippen molar-refractivity contribution in [1.82, 2.24) is 20.3 Å². The van der Waals surface area contributed by atoms with Crippen LogP contribution in [0.15, 0.2) is 18.3 Å². The van der Waals surface area contributed by atoms with Crippen LogP contribution in [0.3, 0.4) is 0 Å². The molecule has 1 fully saturated rings. The number of aromatic nitrogens is 3. The Labute approximate surface area is 200 Å². The van der Waals surface area contributed by atoms with E-state index in [4.69, 9.17) is 21.2 Å². The van der Waals surface area contributed by atoms with Crippen LogP contribution in [-0.2, 0) is 17.6 Å². The Morgan fingerprint density at radius 1 is 1.41 bits per heavy atom. The number of halogens is 1. The number of hydrogen-bond acceptors (Lipinski definition) is 9. The Bertz CT molecular complexity index is 1250. The van der Waals surface area contributed by atoms with E-state index in [0.717, 1.165) is 29.9 Å². The predicted octanol–water partition coefficient (Wildman–Crippen LogP) is 1.77. The van der Waals surface area contributed by atoms with Crippen molar-refractivity contribution in [3.05, 3.63) is 40.3 Å². The molecule has 2 aliphatic rings. The van der Waals surface area contributed by atoms with Gasteiger partial charge in [-0.1, -0.05) is 6.07 Å². The molecule has 180 valence electrons. The number of fused-ring (bicyclic) bond motifs is 2. The molecule has 3 atom stereocenters. The number of nitrogens with one attached hydrogen (secondary N) is 1. The molecule has 5 rings (SSSR count). The topological polar surface area (TPSA) is 132 Å². The maximum atomic E-state index is 15.0. The number of methoxy groups -OCH3 is 1. The lowest BCUT2D eigenvalue weighted by atomic mass is 9.91. The molecule has 1 saturated heterocycles. The largest absolute Gasteiger partial charge is 0.397 e. The minimum Gasteiger partial charge on any atom is -0.397 e. The van der Waals surface area contributed by atoms with Gasteiger partial charge in [-0.2, -0.15) is 0 Å². The van der Waals surface area contributed by atoms with Crippen molar-refractivity contribution in [3.8, 4) is 0 Å². The molecule has 0 spiro atoms. The number of nitrogen functional groups attached to an aromatic ring is 1. The van der Waals surface area contributed by atoms with Crippen LogP contribution in [0.2, 0.25) is 0 Å². The van der Waals surface area contributed by atoms with Crippen molar-refractivity contribution in [2.75, 3.05) is 37.4 Å². The van der Waals surface area contributed by atoms with E-state index in [1.54, 1.807) is 13.1 Å². The summed E-state index contributed by atoms with van der Waals surface area (Å²) in [5.41, 5.74) is 13.1. The van der Waals surface area contributed by atoms with Crippen LogP contribution in [0.1, 0.15) is 33.2 Å². The monoisotopic (exact) mass is 485 g/mol. The van der Waals surface area contributed by atoms with Crippen LogP contribution in [0, 0.1) is 6.92 Å². The molecule has 0 saturated carbocycles. The summed E-state index contributed by atoms with van der Waals surface area (Å²) >= 11 is 1.28. The van der Waals surface area contributed by atoms with Crippen molar-refractivity contribution < 1.29 is 13.9 Å². The van der Waals surface area contributed by atoms with Crippen molar-refractivity contribution in [3.63, 3.8) is 0 Å². The van der Waals surface area contributed by atoms with Gasteiger partial charge >= 0.3 is 0 Å². The molecular weight excluding hydrogens is 457 g/mol. The number of alkyl halides is 1. The van der Waals surface area contributed by atoms with Gasteiger partial charge in [0.2, 0.25) is 0 Å². The summed E-state index contributed by atoms with van der Waals surface area (Å²) in [6.07, 6.45) is 3.82. The molecule has 1 aliphatic carbocycles. The van der Waals surface area contributed by atoms with Gasteiger partial charge < -0.3 is 26.4 Å². The number of ether oxygens (including phenoxy) is 1. The lowest BCUT2D eigenvalue weighted by Gasteiger charge is -2.27. The van der Waals surface area contributed by atoms with E-state index >= 15 is 4.39 Å². The van der Waals surface area contributed by atoms with E-state index in [0.29, 0.717) is 39.6 Å². The van der Waals surface area contributed by atoms with Gasteiger partial charge in [-0.25, -0.2) is 19.3 Å². The number of thiophene rings is 1. The lowest BCUT2D eigenvalue weighted by molar-refractivity contribution is 0.0461. The fraction of sp³-hybridized carbons (Fsp3) is 0.478. The number of anilines is 2. The number of aryl methyl sites for hydroxylation is 2. The number of hydrogen-bond donors (Lipinski definition) is 3. The highest BCUT2D eigenvalue weighted by molar-refractivity contribution is 7.21. The molecule has 1 amide bonds. The van der Waals surface area contributed by atoms with E-state index < -0.39 is 11.7 Å². The van der Waals surface area contributed by atoms with Crippen LogP contribution in [0.25, 0.3) is 10.2 Å². The van der Waals surface area contributed by atoms with Gasteiger partial charge in [0.05, 0.1) is 30.3 Å². The van der Waals surface area contributed by atoms with Gasteiger partial charge in [-0.15, -0.1) is 11.3 Å². The second-order valence-electron chi connectivity index (χ2n) is 9.12. The zero-order chi connectivity index (χ0) is 24.0. The highest BCUT2D eigenvalue weighted by atomic mass is 32.1. The third-order valence-electron chi connectivity index (χ3n) is 6.64. The highest BCUT2D eigenvalue weighted by Gasteiger charge is 2.46. The van der Waals surface area contributed by atoms with Gasteiger partial charge in [0, 0.05) is 31.6 Å². The van der Waals surface area contributed by atoms with E-state index in [1.165, 1.54) is 18.4 Å². The van der Waals surface area contributed by atoms with Gasteiger partial charge in [-0.05, 0) is 37.8 Å². The summed E-state index contributed by atoms with van der Waals surface area (Å²) in [5.74, 6) is 1.17. The normalized spacial score (nSPS) is 24.4. The summed E-state index contributed by atoms with van der Waals surface area (Å²) in [5, 5.41) is 3.82. The highest BCUT2D eigenvalue weighted by Crippen LogP contribution is 2.33. The Morgan fingerprint density at radius 2 is 2.24 bits per heavy atom. The quantitative estimate of drug-likeness (QED) is 0.498. The first-order valence-electron chi connectivity index (χ1n) is 11.3. The van der Waals surface area contributed by atoms with E-state index in [1.807, 2.05) is 17.0 Å². The molecule has 0 bridgehead atoms. The van der Waals surface area contributed by atoms with Crippen molar-refractivity contribution in [1.29, 1.82) is 0 Å².